The van der Waals surface area contributed by atoms with Crippen molar-refractivity contribution in [2.45, 2.75) is 43.5 Å². The van der Waals surface area contributed by atoms with Gasteiger partial charge in [0.15, 0.2) is 0 Å². The van der Waals surface area contributed by atoms with E-state index >= 15 is 0 Å². The highest BCUT2D eigenvalue weighted by atomic mass is 32.2. The fourth-order valence-corrected chi connectivity index (χ4v) is 2.75. The summed E-state index contributed by atoms with van der Waals surface area (Å²) in [5, 5.41) is 4.05. The zero-order chi connectivity index (χ0) is 15.4. The van der Waals surface area contributed by atoms with Crippen molar-refractivity contribution >= 4 is 17.6 Å². The summed E-state index contributed by atoms with van der Waals surface area (Å²) >= 11 is 1.35. The molecule has 2 rings (SSSR count). The highest BCUT2D eigenvalue weighted by Gasteiger charge is 2.15. The van der Waals surface area contributed by atoms with Crippen molar-refractivity contribution in [1.29, 1.82) is 0 Å². The predicted molar refractivity (Wildman–Crippen MR) is 85.5 cm³/mol. The van der Waals surface area contributed by atoms with Crippen LogP contribution in [0.2, 0.25) is 0 Å². The van der Waals surface area contributed by atoms with Crippen molar-refractivity contribution in [2.75, 3.05) is 11.9 Å². The first-order valence-corrected chi connectivity index (χ1v) is 7.89. The van der Waals surface area contributed by atoms with Gasteiger partial charge in [0.1, 0.15) is 22.5 Å². The molecule has 5 heteroatoms. The second-order valence-electron chi connectivity index (χ2n) is 5.08. The Morgan fingerprint density at radius 1 is 1.24 bits per heavy atom. The third-order valence-electron chi connectivity index (χ3n) is 3.02. The monoisotopic (exact) mass is 305 g/mol. The van der Waals surface area contributed by atoms with Gasteiger partial charge in [0.2, 0.25) is 0 Å². The molecule has 0 fully saturated rings. The molecule has 0 aliphatic rings. The molecule has 0 saturated heterocycles. The van der Waals surface area contributed by atoms with Gasteiger partial charge in [0.25, 0.3) is 0 Å². The number of nitrogens with zero attached hydrogens (tertiary/aromatic N) is 2. The fraction of sp³-hybridized carbons (Fsp3) is 0.375. The zero-order valence-corrected chi connectivity index (χ0v) is 13.6. The van der Waals surface area contributed by atoms with Crippen LogP contribution in [-0.4, -0.2) is 16.5 Å². The maximum atomic E-state index is 13.8. The lowest BCUT2D eigenvalue weighted by Crippen LogP contribution is -2.08. The molecule has 0 aliphatic heterocycles. The van der Waals surface area contributed by atoms with Gasteiger partial charge < -0.3 is 5.32 Å². The normalized spacial score (nSPS) is 11.0. The van der Waals surface area contributed by atoms with Crippen molar-refractivity contribution in [3.05, 3.63) is 41.5 Å². The van der Waals surface area contributed by atoms with Gasteiger partial charge in [-0.25, -0.2) is 14.4 Å². The number of aromatic nitrogens is 2. The van der Waals surface area contributed by atoms with Crippen molar-refractivity contribution in [3.8, 4) is 0 Å². The second-order valence-corrected chi connectivity index (χ2v) is 6.11. The Balaban J connectivity index is 2.44. The van der Waals surface area contributed by atoms with E-state index in [1.54, 1.807) is 12.1 Å². The van der Waals surface area contributed by atoms with Crippen molar-refractivity contribution in [2.24, 2.45) is 0 Å². The lowest BCUT2D eigenvalue weighted by Gasteiger charge is -2.14. The third kappa shape index (κ3) is 3.73. The van der Waals surface area contributed by atoms with Gasteiger partial charge in [0.05, 0.1) is 0 Å². The predicted octanol–water partition coefficient (Wildman–Crippen LogP) is 4.63. The number of hydrogen-bond acceptors (Lipinski definition) is 4. The van der Waals surface area contributed by atoms with Gasteiger partial charge in [-0.1, -0.05) is 37.7 Å². The molecule has 0 amide bonds. The molecule has 0 unspecified atom stereocenters. The van der Waals surface area contributed by atoms with Crippen LogP contribution in [0.25, 0.3) is 0 Å². The van der Waals surface area contributed by atoms with Crippen LogP contribution in [0.5, 0.6) is 0 Å². The highest BCUT2D eigenvalue weighted by molar-refractivity contribution is 7.99. The van der Waals surface area contributed by atoms with E-state index in [2.05, 4.69) is 29.1 Å². The highest BCUT2D eigenvalue weighted by Crippen LogP contribution is 2.33. The zero-order valence-electron chi connectivity index (χ0n) is 12.8. The maximum absolute atomic E-state index is 13.8. The molecule has 21 heavy (non-hydrogen) atoms. The topological polar surface area (TPSA) is 37.8 Å². The largest absolute Gasteiger partial charge is 0.370 e. The fourth-order valence-electron chi connectivity index (χ4n) is 1.84. The quantitative estimate of drug-likeness (QED) is 0.817. The van der Waals surface area contributed by atoms with Gasteiger partial charge in [-0.15, -0.1) is 0 Å². The van der Waals surface area contributed by atoms with E-state index in [9.17, 15) is 4.39 Å². The lowest BCUT2D eigenvalue weighted by atomic mass is 10.2. The Morgan fingerprint density at radius 3 is 2.57 bits per heavy atom. The van der Waals surface area contributed by atoms with Crippen LogP contribution < -0.4 is 5.32 Å². The molecule has 0 aliphatic carbocycles. The van der Waals surface area contributed by atoms with E-state index in [0.717, 1.165) is 28.8 Å². The number of halogens is 1. The first kappa shape index (κ1) is 15.8. The van der Waals surface area contributed by atoms with E-state index in [1.807, 2.05) is 19.9 Å². The van der Waals surface area contributed by atoms with E-state index in [4.69, 9.17) is 0 Å². The molecular weight excluding hydrogens is 285 g/mol. The maximum Gasteiger partial charge on any atom is 0.137 e. The molecule has 0 bridgehead atoms. The summed E-state index contributed by atoms with van der Waals surface area (Å²) in [5.74, 6) is 1.60. The molecule has 0 atom stereocenters. The van der Waals surface area contributed by atoms with Gasteiger partial charge >= 0.3 is 0 Å². The van der Waals surface area contributed by atoms with Crippen LogP contribution in [0.4, 0.5) is 10.2 Å². The van der Waals surface area contributed by atoms with Crippen LogP contribution in [0.3, 0.4) is 0 Å². The summed E-state index contributed by atoms with van der Waals surface area (Å²) in [5.41, 5.74) is 0.953. The molecule has 0 radical (unpaired) electrons. The smallest absolute Gasteiger partial charge is 0.137 e. The molecule has 1 aromatic carbocycles. The van der Waals surface area contributed by atoms with Crippen LogP contribution in [0, 0.1) is 12.7 Å². The van der Waals surface area contributed by atoms with Crippen molar-refractivity contribution in [1.82, 2.24) is 9.97 Å². The first-order valence-electron chi connectivity index (χ1n) is 7.07. The van der Waals surface area contributed by atoms with Crippen molar-refractivity contribution < 1.29 is 4.39 Å². The van der Waals surface area contributed by atoms with E-state index < -0.39 is 0 Å². The number of benzene rings is 1. The molecule has 0 saturated carbocycles. The summed E-state index contributed by atoms with van der Waals surface area (Å²) < 4.78 is 13.8. The van der Waals surface area contributed by atoms with E-state index in [-0.39, 0.29) is 11.7 Å². The summed E-state index contributed by atoms with van der Waals surface area (Å²) in [6.45, 7) is 8.89. The lowest BCUT2D eigenvalue weighted by molar-refractivity contribution is 0.601. The van der Waals surface area contributed by atoms with Crippen LogP contribution in [-0.2, 0) is 0 Å². The average molecular weight is 305 g/mol. The van der Waals surface area contributed by atoms with Gasteiger partial charge in [-0.3, -0.25) is 0 Å². The van der Waals surface area contributed by atoms with E-state index in [0.29, 0.717) is 4.90 Å². The summed E-state index contributed by atoms with van der Waals surface area (Å²) in [6.07, 6.45) is 0. The minimum Gasteiger partial charge on any atom is -0.370 e. The minimum atomic E-state index is -0.225. The van der Waals surface area contributed by atoms with E-state index in [1.165, 1.54) is 17.8 Å². The molecule has 0 spiro atoms. The molecule has 1 N–H and O–H groups in total. The minimum absolute atomic E-state index is 0.225. The van der Waals surface area contributed by atoms with Gasteiger partial charge in [-0.2, -0.15) is 0 Å². The Hall–Kier alpha value is -1.62. The second kappa shape index (κ2) is 6.89. The van der Waals surface area contributed by atoms with Crippen LogP contribution in [0.15, 0.2) is 34.2 Å². The third-order valence-corrected chi connectivity index (χ3v) is 4.16. The molecule has 2 aromatic rings. The standard InChI is InChI=1S/C16H20FN3S/c1-5-18-15-11(4)16(20-14(19-15)10(2)3)21-13-9-7-6-8-12(13)17/h6-10H,5H2,1-4H3,(H,18,19,20). The summed E-state index contributed by atoms with van der Waals surface area (Å²) in [6, 6.07) is 6.75. The molecular formula is C16H20FN3S. The molecule has 3 nitrogen and oxygen atoms in total. The number of hydrogen-bond donors (Lipinski definition) is 1. The Kier molecular flexibility index (Phi) is 5.17. The first-order chi connectivity index (χ1) is 10.0. The van der Waals surface area contributed by atoms with Gasteiger partial charge in [0, 0.05) is 22.9 Å². The Morgan fingerprint density at radius 2 is 1.95 bits per heavy atom. The van der Waals surface area contributed by atoms with Gasteiger partial charge in [-0.05, 0) is 26.0 Å². The van der Waals surface area contributed by atoms with Crippen LogP contribution >= 0.6 is 11.8 Å². The number of rotatable bonds is 5. The number of nitrogens with one attached hydrogen (secondary N) is 1. The SMILES string of the molecule is CCNc1nc(C(C)C)nc(Sc2ccccc2F)c1C. The summed E-state index contributed by atoms with van der Waals surface area (Å²) in [4.78, 5) is 9.73. The molecule has 1 heterocycles. The molecule has 112 valence electrons. The van der Waals surface area contributed by atoms with Crippen LogP contribution in [0.1, 0.15) is 38.1 Å². The number of anilines is 1. The van der Waals surface area contributed by atoms with Crippen molar-refractivity contribution in [3.63, 3.8) is 0 Å². The average Bonchev–Trinajstić information content (AvgIpc) is 2.45. The Bertz CT molecular complexity index is 629. The summed E-state index contributed by atoms with van der Waals surface area (Å²) in [7, 11) is 0. The Labute approximate surface area is 129 Å². The molecule has 1 aromatic heterocycles.